The van der Waals surface area contributed by atoms with E-state index in [9.17, 15) is 5.11 Å². The molecule has 5 heteroatoms. The predicted molar refractivity (Wildman–Crippen MR) is 88.7 cm³/mol. The molecular weight excluding hydrogens is 298 g/mol. The Morgan fingerprint density at radius 1 is 1.23 bits per heavy atom. The van der Waals surface area contributed by atoms with Crippen LogP contribution in [0.3, 0.4) is 0 Å². The summed E-state index contributed by atoms with van der Waals surface area (Å²) in [7, 11) is 0. The maximum Gasteiger partial charge on any atom is 0.137 e. The Hall–Kier alpha value is -1.39. The van der Waals surface area contributed by atoms with Gasteiger partial charge in [-0.15, -0.1) is 0 Å². The number of benzene rings is 1. The van der Waals surface area contributed by atoms with Crippen LogP contribution in [0.1, 0.15) is 33.3 Å². The summed E-state index contributed by atoms with van der Waals surface area (Å²) in [6.07, 6.45) is 3.90. The molecular formula is C17H24ClN3O. The van der Waals surface area contributed by atoms with E-state index in [4.69, 9.17) is 11.6 Å². The number of rotatable bonds is 6. The lowest BCUT2D eigenvalue weighted by Gasteiger charge is -2.46. The van der Waals surface area contributed by atoms with Crippen molar-refractivity contribution in [3.63, 3.8) is 0 Å². The second kappa shape index (κ2) is 6.39. The van der Waals surface area contributed by atoms with Gasteiger partial charge in [-0.25, -0.2) is 4.98 Å². The predicted octanol–water partition coefficient (Wildman–Crippen LogP) is 3.59. The van der Waals surface area contributed by atoms with E-state index in [1.54, 1.807) is 11.0 Å². The molecule has 0 amide bonds. The molecule has 0 aliphatic heterocycles. The van der Waals surface area contributed by atoms with E-state index in [1.807, 2.05) is 38.1 Å². The van der Waals surface area contributed by atoms with Crippen LogP contribution >= 0.6 is 11.6 Å². The molecule has 0 aliphatic rings. The van der Waals surface area contributed by atoms with E-state index in [2.05, 4.69) is 23.9 Å². The van der Waals surface area contributed by atoms with E-state index in [0.29, 0.717) is 6.54 Å². The van der Waals surface area contributed by atoms with Gasteiger partial charge in [0.2, 0.25) is 0 Å². The zero-order chi connectivity index (χ0) is 16.4. The third-order valence-corrected chi connectivity index (χ3v) is 4.81. The molecule has 2 rings (SSSR count). The zero-order valence-corrected chi connectivity index (χ0v) is 14.4. The molecule has 1 atom stereocenters. The van der Waals surface area contributed by atoms with Crippen LogP contribution in [-0.4, -0.2) is 25.5 Å². The fourth-order valence-electron chi connectivity index (χ4n) is 3.01. The smallest absolute Gasteiger partial charge is 0.137 e. The van der Waals surface area contributed by atoms with Crippen LogP contribution in [0, 0.1) is 11.3 Å². The summed E-state index contributed by atoms with van der Waals surface area (Å²) >= 11 is 5.95. The monoisotopic (exact) mass is 321 g/mol. The van der Waals surface area contributed by atoms with E-state index in [0.717, 1.165) is 17.0 Å². The minimum absolute atomic E-state index is 0.0824. The fraction of sp³-hybridized carbons (Fsp3) is 0.529. The molecule has 1 unspecified atom stereocenters. The first-order chi connectivity index (χ1) is 10.2. The first-order valence-electron chi connectivity index (χ1n) is 7.54. The number of aliphatic hydroxyl groups is 1. The highest BCUT2D eigenvalue weighted by molar-refractivity contribution is 6.30. The van der Waals surface area contributed by atoms with Gasteiger partial charge in [-0.3, -0.25) is 4.68 Å². The van der Waals surface area contributed by atoms with Crippen molar-refractivity contribution >= 4 is 11.6 Å². The summed E-state index contributed by atoms with van der Waals surface area (Å²) in [5.74, 6) is 0.0824. The molecule has 0 aliphatic carbocycles. The standard InChI is InChI=1S/C17H24ClN3O/c1-13(2)17(22,10-21-12-19-11-20-21)16(3,4)9-14-5-7-15(18)8-6-14/h5-8,11-13,22H,9-10H2,1-4H3. The molecule has 1 aromatic carbocycles. The summed E-state index contributed by atoms with van der Waals surface area (Å²) in [4.78, 5) is 3.97. The lowest BCUT2D eigenvalue weighted by atomic mass is 9.65. The number of aromatic nitrogens is 3. The van der Waals surface area contributed by atoms with E-state index in [-0.39, 0.29) is 11.3 Å². The number of hydrogen-bond donors (Lipinski definition) is 1. The zero-order valence-electron chi connectivity index (χ0n) is 13.6. The molecule has 0 bridgehead atoms. The van der Waals surface area contributed by atoms with Crippen molar-refractivity contribution in [2.75, 3.05) is 0 Å². The lowest BCUT2D eigenvalue weighted by Crippen LogP contribution is -2.53. The lowest BCUT2D eigenvalue weighted by molar-refractivity contribution is -0.116. The quantitative estimate of drug-likeness (QED) is 0.884. The molecule has 0 saturated carbocycles. The van der Waals surface area contributed by atoms with E-state index < -0.39 is 5.60 Å². The third kappa shape index (κ3) is 3.50. The Bertz CT molecular complexity index is 593. The van der Waals surface area contributed by atoms with E-state index in [1.165, 1.54) is 6.33 Å². The van der Waals surface area contributed by atoms with Crippen LogP contribution in [0.25, 0.3) is 0 Å². The van der Waals surface area contributed by atoms with Crippen LogP contribution < -0.4 is 0 Å². The molecule has 22 heavy (non-hydrogen) atoms. The van der Waals surface area contributed by atoms with Crippen LogP contribution in [0.5, 0.6) is 0 Å². The summed E-state index contributed by atoms with van der Waals surface area (Å²) in [6.45, 7) is 8.70. The molecule has 120 valence electrons. The Balaban J connectivity index is 2.26. The maximum absolute atomic E-state index is 11.4. The molecule has 1 N–H and O–H groups in total. The second-order valence-electron chi connectivity index (χ2n) is 6.86. The second-order valence-corrected chi connectivity index (χ2v) is 7.30. The van der Waals surface area contributed by atoms with Crippen molar-refractivity contribution in [2.45, 2.75) is 46.3 Å². The van der Waals surface area contributed by atoms with Crippen molar-refractivity contribution in [1.29, 1.82) is 0 Å². The van der Waals surface area contributed by atoms with Gasteiger partial charge in [0.25, 0.3) is 0 Å². The van der Waals surface area contributed by atoms with Crippen molar-refractivity contribution in [3.05, 3.63) is 47.5 Å². The number of halogens is 1. The summed E-state index contributed by atoms with van der Waals surface area (Å²) in [5, 5.41) is 16.3. The van der Waals surface area contributed by atoms with Gasteiger partial charge in [-0.1, -0.05) is 51.4 Å². The fourth-order valence-corrected chi connectivity index (χ4v) is 3.13. The van der Waals surface area contributed by atoms with Crippen molar-refractivity contribution in [2.24, 2.45) is 11.3 Å². The first kappa shape index (κ1) is 17.0. The molecule has 2 aromatic rings. The van der Waals surface area contributed by atoms with Gasteiger partial charge in [0.1, 0.15) is 12.7 Å². The SMILES string of the molecule is CC(C)C(O)(Cn1cncn1)C(C)(C)Cc1ccc(Cl)cc1. The number of hydrogen-bond acceptors (Lipinski definition) is 3. The minimum Gasteiger partial charge on any atom is -0.387 e. The maximum atomic E-state index is 11.4. The van der Waals surface area contributed by atoms with Crippen molar-refractivity contribution in [3.8, 4) is 0 Å². The van der Waals surface area contributed by atoms with Gasteiger partial charge >= 0.3 is 0 Å². The van der Waals surface area contributed by atoms with Crippen molar-refractivity contribution in [1.82, 2.24) is 14.8 Å². The average Bonchev–Trinajstić information content (AvgIpc) is 2.93. The normalized spacial score (nSPS) is 15.0. The van der Waals surface area contributed by atoms with Gasteiger partial charge in [0.05, 0.1) is 12.1 Å². The van der Waals surface area contributed by atoms with Gasteiger partial charge in [-0.05, 0) is 35.4 Å². The highest BCUT2D eigenvalue weighted by Crippen LogP contribution is 2.41. The largest absolute Gasteiger partial charge is 0.387 e. The molecule has 0 spiro atoms. The summed E-state index contributed by atoms with van der Waals surface area (Å²) < 4.78 is 1.70. The molecule has 4 nitrogen and oxygen atoms in total. The Labute approximate surface area is 137 Å². The van der Waals surface area contributed by atoms with Crippen molar-refractivity contribution < 1.29 is 5.11 Å². The molecule has 1 heterocycles. The Morgan fingerprint density at radius 3 is 2.36 bits per heavy atom. The molecule has 0 radical (unpaired) electrons. The van der Waals surface area contributed by atoms with Crippen LogP contribution in [-0.2, 0) is 13.0 Å². The van der Waals surface area contributed by atoms with Gasteiger partial charge in [-0.2, -0.15) is 5.10 Å². The summed E-state index contributed by atoms with van der Waals surface area (Å²) in [6, 6.07) is 7.80. The average molecular weight is 322 g/mol. The molecule has 1 aromatic heterocycles. The molecule has 0 saturated heterocycles. The highest BCUT2D eigenvalue weighted by atomic mass is 35.5. The third-order valence-electron chi connectivity index (χ3n) is 4.56. The van der Waals surface area contributed by atoms with Crippen LogP contribution in [0.4, 0.5) is 0 Å². The van der Waals surface area contributed by atoms with Crippen LogP contribution in [0.2, 0.25) is 5.02 Å². The summed E-state index contributed by atoms with van der Waals surface area (Å²) in [5.41, 5.74) is -0.0755. The number of nitrogens with zero attached hydrogens (tertiary/aromatic N) is 3. The van der Waals surface area contributed by atoms with Crippen LogP contribution in [0.15, 0.2) is 36.9 Å². The first-order valence-corrected chi connectivity index (χ1v) is 7.91. The van der Waals surface area contributed by atoms with E-state index >= 15 is 0 Å². The van der Waals surface area contributed by atoms with Gasteiger partial charge < -0.3 is 5.11 Å². The Morgan fingerprint density at radius 2 is 1.86 bits per heavy atom. The topological polar surface area (TPSA) is 50.9 Å². The highest BCUT2D eigenvalue weighted by Gasteiger charge is 2.46. The minimum atomic E-state index is -0.902. The molecule has 0 fully saturated rings. The van der Waals surface area contributed by atoms with Gasteiger partial charge in [0.15, 0.2) is 0 Å². The Kier molecular flexibility index (Phi) is 4.93. The van der Waals surface area contributed by atoms with Gasteiger partial charge in [0, 0.05) is 5.02 Å².